The molecule has 1 fully saturated rings. The van der Waals surface area contributed by atoms with E-state index in [9.17, 15) is 9.18 Å². The largest absolute Gasteiger partial charge is 0.497 e. The van der Waals surface area contributed by atoms with Gasteiger partial charge >= 0.3 is 0 Å². The molecule has 1 aliphatic heterocycles. The first kappa shape index (κ1) is 18.3. The first-order valence-electron chi connectivity index (χ1n) is 8.25. The zero-order chi connectivity index (χ0) is 18.7. The summed E-state index contributed by atoms with van der Waals surface area (Å²) in [4.78, 5) is 16.4. The third kappa shape index (κ3) is 3.55. The van der Waals surface area contributed by atoms with Gasteiger partial charge in [-0.05, 0) is 24.3 Å². The summed E-state index contributed by atoms with van der Waals surface area (Å²) in [5.41, 5.74) is 0.869. The number of halogens is 2. The Hall–Kier alpha value is -2.47. The van der Waals surface area contributed by atoms with Crippen molar-refractivity contribution in [2.75, 3.05) is 45.3 Å². The minimum absolute atomic E-state index is 0.0651. The van der Waals surface area contributed by atoms with Gasteiger partial charge in [-0.2, -0.15) is 0 Å². The number of piperazine rings is 1. The van der Waals surface area contributed by atoms with E-state index in [2.05, 4.69) is 4.90 Å². The highest BCUT2D eigenvalue weighted by atomic mass is 35.5. The van der Waals surface area contributed by atoms with Crippen molar-refractivity contribution in [1.29, 1.82) is 0 Å². The number of methoxy groups -OCH3 is 2. The lowest BCUT2D eigenvalue weighted by molar-refractivity contribution is 0.0742. The van der Waals surface area contributed by atoms with Crippen molar-refractivity contribution >= 4 is 23.2 Å². The van der Waals surface area contributed by atoms with E-state index in [0.29, 0.717) is 37.7 Å². The SMILES string of the molecule is COc1ccc(N2CCN(C(=O)c3c(F)cccc3Cl)CC2)c(OC)c1. The summed E-state index contributed by atoms with van der Waals surface area (Å²) in [5.74, 6) is 0.450. The maximum Gasteiger partial charge on any atom is 0.258 e. The second kappa shape index (κ2) is 7.83. The van der Waals surface area contributed by atoms with Crippen LogP contribution in [0.3, 0.4) is 0 Å². The molecule has 138 valence electrons. The van der Waals surface area contributed by atoms with Crippen LogP contribution in [0, 0.1) is 5.82 Å². The van der Waals surface area contributed by atoms with Crippen LogP contribution in [0.2, 0.25) is 5.02 Å². The van der Waals surface area contributed by atoms with Gasteiger partial charge in [-0.15, -0.1) is 0 Å². The average Bonchev–Trinajstić information content (AvgIpc) is 2.67. The third-order valence-corrected chi connectivity index (χ3v) is 4.79. The molecular formula is C19H20ClFN2O3. The van der Waals surface area contributed by atoms with Crippen molar-refractivity contribution in [2.24, 2.45) is 0 Å². The Morgan fingerprint density at radius 1 is 1.08 bits per heavy atom. The van der Waals surface area contributed by atoms with Gasteiger partial charge in [0.15, 0.2) is 0 Å². The van der Waals surface area contributed by atoms with Crippen LogP contribution >= 0.6 is 11.6 Å². The summed E-state index contributed by atoms with van der Waals surface area (Å²) in [6.07, 6.45) is 0. The molecule has 1 heterocycles. The van der Waals surface area contributed by atoms with E-state index in [1.807, 2.05) is 18.2 Å². The molecule has 5 nitrogen and oxygen atoms in total. The van der Waals surface area contributed by atoms with Gasteiger partial charge in [0, 0.05) is 32.2 Å². The predicted octanol–water partition coefficient (Wildman–Crippen LogP) is 3.46. The van der Waals surface area contributed by atoms with Crippen LogP contribution in [0.1, 0.15) is 10.4 Å². The minimum Gasteiger partial charge on any atom is -0.497 e. The molecule has 0 saturated carbocycles. The molecule has 0 atom stereocenters. The van der Waals surface area contributed by atoms with Gasteiger partial charge in [0.25, 0.3) is 5.91 Å². The fourth-order valence-corrected chi connectivity index (χ4v) is 3.30. The Morgan fingerprint density at radius 3 is 2.42 bits per heavy atom. The molecule has 3 rings (SSSR count). The third-order valence-electron chi connectivity index (χ3n) is 4.47. The quantitative estimate of drug-likeness (QED) is 0.817. The van der Waals surface area contributed by atoms with Crippen LogP contribution in [0.25, 0.3) is 0 Å². The van der Waals surface area contributed by atoms with Gasteiger partial charge in [-0.25, -0.2) is 4.39 Å². The molecule has 0 unspecified atom stereocenters. The van der Waals surface area contributed by atoms with Gasteiger partial charge in [0.05, 0.1) is 30.5 Å². The van der Waals surface area contributed by atoms with E-state index in [1.165, 1.54) is 18.2 Å². The summed E-state index contributed by atoms with van der Waals surface area (Å²) >= 11 is 6.01. The summed E-state index contributed by atoms with van der Waals surface area (Å²) in [5, 5.41) is 0.134. The Labute approximate surface area is 156 Å². The second-order valence-electron chi connectivity index (χ2n) is 5.91. The molecular weight excluding hydrogens is 359 g/mol. The van der Waals surface area contributed by atoms with Crippen molar-refractivity contribution < 1.29 is 18.7 Å². The Bertz CT molecular complexity index is 787. The Morgan fingerprint density at radius 2 is 1.81 bits per heavy atom. The molecule has 0 aromatic heterocycles. The zero-order valence-electron chi connectivity index (χ0n) is 14.7. The fourth-order valence-electron chi connectivity index (χ4n) is 3.06. The van der Waals surface area contributed by atoms with E-state index in [-0.39, 0.29) is 16.5 Å². The molecule has 2 aromatic rings. The normalized spacial score (nSPS) is 14.3. The molecule has 1 saturated heterocycles. The molecule has 7 heteroatoms. The maximum absolute atomic E-state index is 14.0. The van der Waals surface area contributed by atoms with Crippen LogP contribution in [-0.2, 0) is 0 Å². The number of ether oxygens (including phenoxy) is 2. The average molecular weight is 379 g/mol. The standard InChI is InChI=1S/C19H20ClFN2O3/c1-25-13-6-7-16(17(12-13)26-2)22-8-10-23(11-9-22)19(24)18-14(20)4-3-5-15(18)21/h3-7,12H,8-11H2,1-2H3. The number of nitrogens with zero attached hydrogens (tertiary/aromatic N) is 2. The molecule has 0 radical (unpaired) electrons. The molecule has 1 aliphatic rings. The van der Waals surface area contributed by atoms with Crippen LogP contribution in [0.5, 0.6) is 11.5 Å². The topological polar surface area (TPSA) is 42.0 Å². The Kier molecular flexibility index (Phi) is 5.52. The van der Waals surface area contributed by atoms with Crippen molar-refractivity contribution in [3.05, 3.63) is 52.8 Å². The summed E-state index contributed by atoms with van der Waals surface area (Å²) < 4.78 is 24.7. The molecule has 2 aromatic carbocycles. The number of carbonyl (C=O) groups excluding carboxylic acids is 1. The zero-order valence-corrected chi connectivity index (χ0v) is 15.4. The highest BCUT2D eigenvalue weighted by molar-refractivity contribution is 6.33. The summed E-state index contributed by atoms with van der Waals surface area (Å²) in [7, 11) is 3.21. The molecule has 0 bridgehead atoms. The highest BCUT2D eigenvalue weighted by Crippen LogP contribution is 2.33. The van der Waals surface area contributed by atoms with Crippen LogP contribution in [0.15, 0.2) is 36.4 Å². The van der Waals surface area contributed by atoms with Crippen molar-refractivity contribution in [3.8, 4) is 11.5 Å². The monoisotopic (exact) mass is 378 g/mol. The van der Waals surface area contributed by atoms with Gasteiger partial charge in [0.2, 0.25) is 0 Å². The molecule has 1 amide bonds. The number of rotatable bonds is 4. The minimum atomic E-state index is -0.596. The Balaban J connectivity index is 1.73. The smallest absolute Gasteiger partial charge is 0.258 e. The summed E-state index contributed by atoms with van der Waals surface area (Å²) in [6.45, 7) is 2.17. The van der Waals surface area contributed by atoms with E-state index in [4.69, 9.17) is 21.1 Å². The van der Waals surface area contributed by atoms with Crippen LogP contribution in [-0.4, -0.2) is 51.2 Å². The maximum atomic E-state index is 14.0. The second-order valence-corrected chi connectivity index (χ2v) is 6.32. The number of benzene rings is 2. The van der Waals surface area contributed by atoms with E-state index in [0.717, 1.165) is 5.69 Å². The lowest BCUT2D eigenvalue weighted by atomic mass is 10.1. The first-order valence-corrected chi connectivity index (χ1v) is 8.63. The van der Waals surface area contributed by atoms with Crippen LogP contribution < -0.4 is 14.4 Å². The molecule has 0 aliphatic carbocycles. The molecule has 0 spiro atoms. The van der Waals surface area contributed by atoms with Gasteiger partial charge in [-0.3, -0.25) is 4.79 Å². The van der Waals surface area contributed by atoms with Crippen molar-refractivity contribution in [1.82, 2.24) is 4.90 Å². The molecule has 26 heavy (non-hydrogen) atoms. The van der Waals surface area contributed by atoms with Crippen molar-refractivity contribution in [3.63, 3.8) is 0 Å². The van der Waals surface area contributed by atoms with E-state index >= 15 is 0 Å². The lowest BCUT2D eigenvalue weighted by Crippen LogP contribution is -2.49. The van der Waals surface area contributed by atoms with Crippen molar-refractivity contribution in [2.45, 2.75) is 0 Å². The molecule has 0 N–H and O–H groups in total. The number of carbonyl (C=O) groups is 1. The van der Waals surface area contributed by atoms with Gasteiger partial charge in [0.1, 0.15) is 17.3 Å². The lowest BCUT2D eigenvalue weighted by Gasteiger charge is -2.36. The summed E-state index contributed by atoms with van der Waals surface area (Å²) in [6, 6.07) is 9.89. The number of hydrogen-bond donors (Lipinski definition) is 0. The van der Waals surface area contributed by atoms with Gasteiger partial charge in [-0.1, -0.05) is 17.7 Å². The number of hydrogen-bond acceptors (Lipinski definition) is 4. The highest BCUT2D eigenvalue weighted by Gasteiger charge is 2.27. The van der Waals surface area contributed by atoms with Crippen LogP contribution in [0.4, 0.5) is 10.1 Å². The van der Waals surface area contributed by atoms with E-state index < -0.39 is 5.82 Å². The first-order chi connectivity index (χ1) is 12.5. The number of anilines is 1. The van der Waals surface area contributed by atoms with E-state index in [1.54, 1.807) is 19.1 Å². The predicted molar refractivity (Wildman–Crippen MR) is 99.1 cm³/mol. The van der Waals surface area contributed by atoms with Gasteiger partial charge < -0.3 is 19.3 Å². The number of amides is 1. The fraction of sp³-hybridized carbons (Fsp3) is 0.316.